The van der Waals surface area contributed by atoms with Gasteiger partial charge in [-0.25, -0.2) is 0 Å². The molecule has 158 valence electrons. The fourth-order valence-corrected chi connectivity index (χ4v) is 4.54. The first-order chi connectivity index (χ1) is 15.0. The number of ether oxygens (including phenoxy) is 1. The number of carbonyl (C=O) groups is 1. The second kappa shape index (κ2) is 9.31. The lowest BCUT2D eigenvalue weighted by molar-refractivity contribution is -0.113. The summed E-state index contributed by atoms with van der Waals surface area (Å²) in [7, 11) is 1.62. The van der Waals surface area contributed by atoms with Gasteiger partial charge in [-0.1, -0.05) is 48.0 Å². The molecule has 0 spiro atoms. The monoisotopic (exact) mass is 430 g/mol. The SMILES string of the molecule is COc1cccc(NC(=O)CSc2cn(Cc3cc(C)ccc3C)c3ccccc23)c1. The minimum atomic E-state index is -0.0374. The zero-order chi connectivity index (χ0) is 21.8. The maximum atomic E-state index is 12.5. The molecule has 0 atom stereocenters. The summed E-state index contributed by atoms with van der Waals surface area (Å²) in [4.78, 5) is 13.6. The van der Waals surface area contributed by atoms with E-state index in [1.807, 2.05) is 30.3 Å². The van der Waals surface area contributed by atoms with Crippen LogP contribution < -0.4 is 10.1 Å². The first kappa shape index (κ1) is 21.1. The van der Waals surface area contributed by atoms with Crippen molar-refractivity contribution >= 4 is 34.3 Å². The highest BCUT2D eigenvalue weighted by Gasteiger charge is 2.12. The number of methoxy groups -OCH3 is 1. The second-order valence-electron chi connectivity index (χ2n) is 7.64. The molecule has 5 heteroatoms. The van der Waals surface area contributed by atoms with Gasteiger partial charge in [-0.05, 0) is 43.2 Å². The van der Waals surface area contributed by atoms with E-state index in [1.165, 1.54) is 27.6 Å². The minimum absolute atomic E-state index is 0.0374. The smallest absolute Gasteiger partial charge is 0.234 e. The van der Waals surface area contributed by atoms with Gasteiger partial charge in [-0.15, -0.1) is 11.8 Å². The number of aromatic nitrogens is 1. The number of anilines is 1. The average Bonchev–Trinajstić information content (AvgIpc) is 3.12. The lowest BCUT2D eigenvalue weighted by Crippen LogP contribution is -2.13. The summed E-state index contributed by atoms with van der Waals surface area (Å²) >= 11 is 1.56. The van der Waals surface area contributed by atoms with Crippen molar-refractivity contribution in [2.45, 2.75) is 25.3 Å². The number of hydrogen-bond donors (Lipinski definition) is 1. The second-order valence-corrected chi connectivity index (χ2v) is 8.65. The van der Waals surface area contributed by atoms with E-state index in [0.29, 0.717) is 5.75 Å². The van der Waals surface area contributed by atoms with E-state index in [0.717, 1.165) is 22.9 Å². The third-order valence-electron chi connectivity index (χ3n) is 5.31. The lowest BCUT2D eigenvalue weighted by Gasteiger charge is -2.09. The molecule has 31 heavy (non-hydrogen) atoms. The van der Waals surface area contributed by atoms with Gasteiger partial charge >= 0.3 is 0 Å². The Morgan fingerprint density at radius 3 is 2.71 bits per heavy atom. The van der Waals surface area contributed by atoms with Gasteiger partial charge < -0.3 is 14.6 Å². The summed E-state index contributed by atoms with van der Waals surface area (Å²) in [6, 6.07) is 22.3. The molecule has 1 aromatic heterocycles. The largest absolute Gasteiger partial charge is 0.497 e. The van der Waals surface area contributed by atoms with E-state index in [9.17, 15) is 4.79 Å². The number of para-hydroxylation sites is 1. The predicted octanol–water partition coefficient (Wildman–Crippen LogP) is 6.05. The number of carbonyl (C=O) groups excluding carboxylic acids is 1. The van der Waals surface area contributed by atoms with Gasteiger partial charge in [-0.3, -0.25) is 4.79 Å². The van der Waals surface area contributed by atoms with Gasteiger partial charge in [-0.2, -0.15) is 0 Å². The zero-order valence-corrected chi connectivity index (χ0v) is 18.8. The van der Waals surface area contributed by atoms with Crippen molar-refractivity contribution in [2.24, 2.45) is 0 Å². The molecule has 0 aliphatic rings. The molecule has 0 fully saturated rings. The van der Waals surface area contributed by atoms with E-state index in [2.05, 4.69) is 66.3 Å². The van der Waals surface area contributed by atoms with Crippen LogP contribution in [-0.4, -0.2) is 23.3 Å². The van der Waals surface area contributed by atoms with Gasteiger partial charge in [0.05, 0.1) is 12.9 Å². The third-order valence-corrected chi connectivity index (χ3v) is 6.35. The fraction of sp³-hybridized carbons (Fsp3) is 0.192. The van der Waals surface area contributed by atoms with E-state index in [-0.39, 0.29) is 5.91 Å². The molecule has 0 aliphatic heterocycles. The van der Waals surface area contributed by atoms with Crippen molar-refractivity contribution in [3.05, 3.63) is 89.6 Å². The van der Waals surface area contributed by atoms with Gasteiger partial charge in [0.2, 0.25) is 5.91 Å². The fourth-order valence-electron chi connectivity index (χ4n) is 3.65. The number of rotatable bonds is 7. The van der Waals surface area contributed by atoms with E-state index in [4.69, 9.17) is 4.74 Å². The Balaban J connectivity index is 1.51. The maximum absolute atomic E-state index is 12.5. The molecule has 1 heterocycles. The van der Waals surface area contributed by atoms with E-state index in [1.54, 1.807) is 18.9 Å². The molecule has 1 amide bonds. The molecule has 3 aromatic carbocycles. The highest BCUT2D eigenvalue weighted by molar-refractivity contribution is 8.00. The maximum Gasteiger partial charge on any atom is 0.234 e. The molecular formula is C26H26N2O2S. The van der Waals surface area contributed by atoms with Crippen LogP contribution in [0.2, 0.25) is 0 Å². The standard InChI is InChI=1S/C26H26N2O2S/c1-18-11-12-19(2)20(13-18)15-28-16-25(23-9-4-5-10-24(23)28)31-17-26(29)27-21-7-6-8-22(14-21)30-3/h4-14,16H,15,17H2,1-3H3,(H,27,29). The molecule has 0 radical (unpaired) electrons. The Hall–Kier alpha value is -3.18. The first-order valence-corrected chi connectivity index (χ1v) is 11.2. The van der Waals surface area contributed by atoms with Crippen LogP contribution in [0.25, 0.3) is 10.9 Å². The highest BCUT2D eigenvalue weighted by atomic mass is 32.2. The van der Waals surface area contributed by atoms with Crippen molar-refractivity contribution in [3.63, 3.8) is 0 Å². The van der Waals surface area contributed by atoms with Gasteiger partial charge in [0, 0.05) is 40.3 Å². The van der Waals surface area contributed by atoms with Crippen LogP contribution in [0.1, 0.15) is 16.7 Å². The van der Waals surface area contributed by atoms with Crippen LogP contribution >= 0.6 is 11.8 Å². The molecule has 0 bridgehead atoms. The van der Waals surface area contributed by atoms with Crippen molar-refractivity contribution < 1.29 is 9.53 Å². The molecule has 4 nitrogen and oxygen atoms in total. The van der Waals surface area contributed by atoms with Crippen LogP contribution in [0.15, 0.2) is 77.8 Å². The Bertz CT molecular complexity index is 1230. The summed E-state index contributed by atoms with van der Waals surface area (Å²) in [5.74, 6) is 1.03. The predicted molar refractivity (Wildman–Crippen MR) is 129 cm³/mol. The molecular weight excluding hydrogens is 404 g/mol. The van der Waals surface area contributed by atoms with Crippen molar-refractivity contribution in [3.8, 4) is 5.75 Å². The Morgan fingerprint density at radius 2 is 1.87 bits per heavy atom. The minimum Gasteiger partial charge on any atom is -0.497 e. The van der Waals surface area contributed by atoms with Crippen LogP contribution in [0.5, 0.6) is 5.75 Å². The molecule has 0 saturated carbocycles. The van der Waals surface area contributed by atoms with Crippen LogP contribution in [0.4, 0.5) is 5.69 Å². The Morgan fingerprint density at radius 1 is 1.03 bits per heavy atom. The van der Waals surface area contributed by atoms with Crippen LogP contribution in [0, 0.1) is 13.8 Å². The van der Waals surface area contributed by atoms with Gasteiger partial charge in [0.25, 0.3) is 0 Å². The van der Waals surface area contributed by atoms with Gasteiger partial charge in [0.15, 0.2) is 0 Å². The molecule has 0 saturated heterocycles. The summed E-state index contributed by atoms with van der Waals surface area (Å²) in [5, 5.41) is 4.12. The zero-order valence-electron chi connectivity index (χ0n) is 18.0. The highest BCUT2D eigenvalue weighted by Crippen LogP contribution is 2.31. The number of hydrogen-bond acceptors (Lipinski definition) is 3. The number of amides is 1. The number of nitrogens with one attached hydrogen (secondary N) is 1. The first-order valence-electron chi connectivity index (χ1n) is 10.2. The number of benzene rings is 3. The van der Waals surface area contributed by atoms with E-state index < -0.39 is 0 Å². The van der Waals surface area contributed by atoms with E-state index >= 15 is 0 Å². The van der Waals surface area contributed by atoms with Gasteiger partial charge in [0.1, 0.15) is 5.75 Å². The topological polar surface area (TPSA) is 43.3 Å². The Labute approximate surface area is 187 Å². The number of thioether (sulfide) groups is 1. The van der Waals surface area contributed by atoms with Crippen molar-refractivity contribution in [2.75, 3.05) is 18.2 Å². The normalized spacial score (nSPS) is 10.9. The summed E-state index contributed by atoms with van der Waals surface area (Å²) in [5.41, 5.74) is 5.78. The third kappa shape index (κ3) is 4.94. The average molecular weight is 431 g/mol. The molecule has 1 N–H and O–H groups in total. The molecule has 0 aliphatic carbocycles. The molecule has 4 rings (SSSR count). The number of fused-ring (bicyclic) bond motifs is 1. The van der Waals surface area contributed by atoms with Crippen molar-refractivity contribution in [1.82, 2.24) is 4.57 Å². The quantitative estimate of drug-likeness (QED) is 0.363. The van der Waals surface area contributed by atoms with Crippen LogP contribution in [-0.2, 0) is 11.3 Å². The summed E-state index contributed by atoms with van der Waals surface area (Å²) in [6.07, 6.45) is 2.16. The summed E-state index contributed by atoms with van der Waals surface area (Å²) < 4.78 is 7.50. The van der Waals surface area contributed by atoms with Crippen molar-refractivity contribution in [1.29, 1.82) is 0 Å². The number of nitrogens with zero attached hydrogens (tertiary/aromatic N) is 1. The molecule has 0 unspecified atom stereocenters. The van der Waals surface area contributed by atoms with Crippen LogP contribution in [0.3, 0.4) is 0 Å². The lowest BCUT2D eigenvalue weighted by atomic mass is 10.1. The molecule has 4 aromatic rings. The Kier molecular flexibility index (Phi) is 6.33. The summed E-state index contributed by atoms with van der Waals surface area (Å²) in [6.45, 7) is 5.09. The number of aryl methyl sites for hydroxylation is 2.